The highest BCUT2D eigenvalue weighted by atomic mass is 35.5. The Hall–Kier alpha value is 0.210. The minimum absolute atomic E-state index is 0.432. The number of halogens is 1. The van der Waals surface area contributed by atoms with Crippen molar-refractivity contribution in [2.24, 2.45) is 5.92 Å². The van der Waals surface area contributed by atoms with Crippen molar-refractivity contribution in [3.63, 3.8) is 0 Å². The summed E-state index contributed by atoms with van der Waals surface area (Å²) in [4.78, 5) is 2.55. The fraction of sp³-hybridized carbons (Fsp3) is 1.00. The first-order chi connectivity index (χ1) is 6.84. The smallest absolute Gasteiger partial charge is 0.0495 e. The molecule has 1 atom stereocenters. The van der Waals surface area contributed by atoms with E-state index in [9.17, 15) is 0 Å². The van der Waals surface area contributed by atoms with E-state index in [1.165, 1.54) is 45.3 Å². The maximum Gasteiger partial charge on any atom is 0.0495 e. The van der Waals surface area contributed by atoms with E-state index in [1.807, 2.05) is 0 Å². The zero-order chi connectivity index (χ0) is 9.80. The normalized spacial score (nSPS) is 31.1. The Labute approximate surface area is 91.6 Å². The molecule has 3 heteroatoms. The molecule has 0 saturated carbocycles. The summed E-state index contributed by atoms with van der Waals surface area (Å²) in [6, 6.07) is 0. The van der Waals surface area contributed by atoms with Crippen molar-refractivity contribution in [1.82, 2.24) is 4.90 Å². The minimum atomic E-state index is 0.432. The first-order valence-corrected chi connectivity index (χ1v) is 6.22. The summed E-state index contributed by atoms with van der Waals surface area (Å²) in [6.07, 6.45) is 4.92. The lowest BCUT2D eigenvalue weighted by Gasteiger charge is -2.29. The molecule has 0 spiro atoms. The molecule has 0 aromatic heterocycles. The monoisotopic (exact) mass is 217 g/mol. The van der Waals surface area contributed by atoms with E-state index in [0.717, 1.165) is 19.1 Å². The summed E-state index contributed by atoms with van der Waals surface area (Å²) in [6.45, 7) is 5.61. The molecule has 2 nitrogen and oxygen atoms in total. The van der Waals surface area contributed by atoms with E-state index in [1.54, 1.807) is 0 Å². The lowest BCUT2D eigenvalue weighted by Crippen LogP contribution is -2.35. The lowest BCUT2D eigenvalue weighted by atomic mass is 10.0. The molecule has 2 rings (SSSR count). The number of hydrogen-bond donors (Lipinski definition) is 0. The van der Waals surface area contributed by atoms with Crippen LogP contribution in [0.15, 0.2) is 0 Å². The van der Waals surface area contributed by atoms with Gasteiger partial charge in [0.25, 0.3) is 0 Å². The molecule has 82 valence electrons. The fourth-order valence-electron chi connectivity index (χ4n) is 2.30. The Balaban J connectivity index is 1.60. The Bertz CT molecular complexity index is 163. The molecular formula is C11H20ClNO. The van der Waals surface area contributed by atoms with Crippen LogP contribution in [-0.2, 0) is 4.74 Å². The van der Waals surface area contributed by atoms with Gasteiger partial charge in [0.1, 0.15) is 0 Å². The van der Waals surface area contributed by atoms with Crippen LogP contribution in [-0.4, -0.2) is 43.1 Å². The molecule has 0 aliphatic carbocycles. The fourth-order valence-corrected chi connectivity index (χ4v) is 2.50. The SMILES string of the molecule is ClC1CCN(CCC2CCOC2)CC1. The summed E-state index contributed by atoms with van der Waals surface area (Å²) in [5, 5.41) is 0.432. The Morgan fingerprint density at radius 3 is 2.64 bits per heavy atom. The van der Waals surface area contributed by atoms with E-state index in [2.05, 4.69) is 4.90 Å². The van der Waals surface area contributed by atoms with Gasteiger partial charge in [-0.25, -0.2) is 0 Å². The largest absolute Gasteiger partial charge is 0.381 e. The number of hydrogen-bond acceptors (Lipinski definition) is 2. The molecule has 0 aromatic rings. The first-order valence-electron chi connectivity index (χ1n) is 5.79. The number of ether oxygens (including phenoxy) is 1. The van der Waals surface area contributed by atoms with Crippen molar-refractivity contribution >= 4 is 11.6 Å². The molecule has 0 N–H and O–H groups in total. The zero-order valence-corrected chi connectivity index (χ0v) is 9.51. The standard InChI is InChI=1S/C11H20ClNO/c12-11-2-6-13(7-3-11)5-1-10-4-8-14-9-10/h10-11H,1-9H2. The van der Waals surface area contributed by atoms with Gasteiger partial charge in [0.2, 0.25) is 0 Å². The molecule has 2 fully saturated rings. The Morgan fingerprint density at radius 1 is 1.21 bits per heavy atom. The van der Waals surface area contributed by atoms with Crippen molar-refractivity contribution in [3.8, 4) is 0 Å². The number of alkyl halides is 1. The third kappa shape index (κ3) is 3.11. The van der Waals surface area contributed by atoms with Gasteiger partial charge in [0, 0.05) is 18.6 Å². The molecule has 2 aliphatic heterocycles. The van der Waals surface area contributed by atoms with Gasteiger partial charge >= 0.3 is 0 Å². The van der Waals surface area contributed by atoms with Crippen molar-refractivity contribution in [2.75, 3.05) is 32.8 Å². The van der Waals surface area contributed by atoms with Gasteiger partial charge in [-0.1, -0.05) is 0 Å². The van der Waals surface area contributed by atoms with Crippen molar-refractivity contribution in [1.29, 1.82) is 0 Å². The summed E-state index contributed by atoms with van der Waals surface area (Å²) in [5.41, 5.74) is 0. The summed E-state index contributed by atoms with van der Waals surface area (Å²) in [5.74, 6) is 0.823. The molecule has 0 amide bonds. The predicted molar refractivity (Wildman–Crippen MR) is 58.9 cm³/mol. The average molecular weight is 218 g/mol. The third-order valence-electron chi connectivity index (χ3n) is 3.39. The molecule has 14 heavy (non-hydrogen) atoms. The van der Waals surface area contributed by atoms with E-state index < -0.39 is 0 Å². The first kappa shape index (κ1) is 10.7. The van der Waals surface area contributed by atoms with Crippen LogP contribution < -0.4 is 0 Å². The molecular weight excluding hydrogens is 198 g/mol. The van der Waals surface area contributed by atoms with Crippen molar-refractivity contribution < 1.29 is 4.74 Å². The minimum Gasteiger partial charge on any atom is -0.381 e. The second-order valence-corrected chi connectivity index (χ2v) is 5.15. The molecule has 1 unspecified atom stereocenters. The van der Waals surface area contributed by atoms with Crippen LogP contribution in [0.1, 0.15) is 25.7 Å². The molecule has 0 radical (unpaired) electrons. The topological polar surface area (TPSA) is 12.5 Å². The van der Waals surface area contributed by atoms with Gasteiger partial charge in [-0.2, -0.15) is 0 Å². The molecule has 2 heterocycles. The molecule has 0 bridgehead atoms. The van der Waals surface area contributed by atoms with Gasteiger partial charge in [-0.15, -0.1) is 11.6 Å². The van der Waals surface area contributed by atoms with Crippen LogP contribution in [0.25, 0.3) is 0 Å². The zero-order valence-electron chi connectivity index (χ0n) is 8.75. The number of nitrogens with zero attached hydrogens (tertiary/aromatic N) is 1. The molecule has 2 aliphatic rings. The average Bonchev–Trinajstić information content (AvgIpc) is 2.70. The summed E-state index contributed by atoms with van der Waals surface area (Å²) in [7, 11) is 0. The highest BCUT2D eigenvalue weighted by molar-refractivity contribution is 6.20. The molecule has 0 aromatic carbocycles. The van der Waals surface area contributed by atoms with Crippen LogP contribution in [0.2, 0.25) is 0 Å². The van der Waals surface area contributed by atoms with E-state index in [4.69, 9.17) is 16.3 Å². The number of rotatable bonds is 3. The van der Waals surface area contributed by atoms with Crippen LogP contribution in [0.4, 0.5) is 0 Å². The second-order valence-electron chi connectivity index (χ2n) is 4.53. The third-order valence-corrected chi connectivity index (χ3v) is 3.83. The maximum absolute atomic E-state index is 6.06. The number of likely N-dealkylation sites (tertiary alicyclic amines) is 1. The second kappa shape index (κ2) is 5.34. The quantitative estimate of drug-likeness (QED) is 0.672. The Morgan fingerprint density at radius 2 is 2.00 bits per heavy atom. The summed E-state index contributed by atoms with van der Waals surface area (Å²) >= 11 is 6.06. The molecule has 2 saturated heterocycles. The van der Waals surface area contributed by atoms with Crippen LogP contribution >= 0.6 is 11.6 Å². The van der Waals surface area contributed by atoms with Gasteiger partial charge in [-0.05, 0) is 51.2 Å². The van der Waals surface area contributed by atoms with E-state index in [0.29, 0.717) is 5.38 Å². The Kier molecular flexibility index (Phi) is 4.09. The summed E-state index contributed by atoms with van der Waals surface area (Å²) < 4.78 is 5.37. The van der Waals surface area contributed by atoms with E-state index >= 15 is 0 Å². The van der Waals surface area contributed by atoms with Crippen molar-refractivity contribution in [2.45, 2.75) is 31.1 Å². The van der Waals surface area contributed by atoms with Crippen LogP contribution in [0, 0.1) is 5.92 Å². The highest BCUT2D eigenvalue weighted by Gasteiger charge is 2.20. The highest BCUT2D eigenvalue weighted by Crippen LogP contribution is 2.19. The predicted octanol–water partition coefficient (Wildman–Crippen LogP) is 2.12. The van der Waals surface area contributed by atoms with Gasteiger partial charge < -0.3 is 9.64 Å². The van der Waals surface area contributed by atoms with Gasteiger partial charge in [0.15, 0.2) is 0 Å². The van der Waals surface area contributed by atoms with E-state index in [-0.39, 0.29) is 0 Å². The lowest BCUT2D eigenvalue weighted by molar-refractivity contribution is 0.173. The maximum atomic E-state index is 6.06. The number of piperidine rings is 1. The van der Waals surface area contributed by atoms with Crippen LogP contribution in [0.3, 0.4) is 0 Å². The van der Waals surface area contributed by atoms with Crippen molar-refractivity contribution in [3.05, 3.63) is 0 Å². The van der Waals surface area contributed by atoms with Crippen LogP contribution in [0.5, 0.6) is 0 Å². The van der Waals surface area contributed by atoms with Gasteiger partial charge in [0.05, 0.1) is 0 Å². The van der Waals surface area contributed by atoms with Gasteiger partial charge in [-0.3, -0.25) is 0 Å².